The zero-order valence-corrected chi connectivity index (χ0v) is 11.7. The van der Waals surface area contributed by atoms with E-state index in [1.54, 1.807) is 11.8 Å². The van der Waals surface area contributed by atoms with Gasteiger partial charge < -0.3 is 5.73 Å². The van der Waals surface area contributed by atoms with Crippen LogP contribution in [0.25, 0.3) is 16.7 Å². The quantitative estimate of drug-likeness (QED) is 0.722. The number of benzene rings is 2. The maximum atomic E-state index is 6.05. The van der Waals surface area contributed by atoms with Crippen molar-refractivity contribution in [1.29, 1.82) is 0 Å². The van der Waals surface area contributed by atoms with Gasteiger partial charge in [-0.1, -0.05) is 6.07 Å². The van der Waals surface area contributed by atoms with Gasteiger partial charge in [-0.05, 0) is 55.1 Å². The van der Waals surface area contributed by atoms with E-state index in [-0.39, 0.29) is 0 Å². The molecule has 0 aliphatic heterocycles. The molecule has 0 aliphatic rings. The lowest BCUT2D eigenvalue weighted by Crippen LogP contribution is -2.00. The summed E-state index contributed by atoms with van der Waals surface area (Å²) in [7, 11) is 0. The van der Waals surface area contributed by atoms with Crippen molar-refractivity contribution in [2.24, 2.45) is 0 Å². The van der Waals surface area contributed by atoms with Gasteiger partial charge in [0.05, 0.1) is 11.0 Å². The molecule has 0 spiro atoms. The van der Waals surface area contributed by atoms with E-state index in [4.69, 9.17) is 5.73 Å². The first-order valence-electron chi connectivity index (χ1n) is 6.08. The number of nitrogens with two attached hydrogens (primary N) is 1. The van der Waals surface area contributed by atoms with Gasteiger partial charge in [0.25, 0.3) is 0 Å². The Balaban J connectivity index is 2.22. The van der Waals surface area contributed by atoms with Gasteiger partial charge in [0.1, 0.15) is 0 Å². The number of imidazole rings is 1. The Hall–Kier alpha value is -1.94. The SMILES string of the molecule is CSc1ccc(-n2c(N)nc3ccc(C)cc32)cc1. The molecule has 4 heteroatoms. The second kappa shape index (κ2) is 4.63. The normalized spacial score (nSPS) is 11.1. The summed E-state index contributed by atoms with van der Waals surface area (Å²) in [6.07, 6.45) is 2.07. The van der Waals surface area contributed by atoms with Crippen molar-refractivity contribution >= 4 is 28.7 Å². The van der Waals surface area contributed by atoms with E-state index in [0.717, 1.165) is 16.7 Å². The monoisotopic (exact) mass is 269 g/mol. The Morgan fingerprint density at radius 2 is 1.84 bits per heavy atom. The maximum absolute atomic E-state index is 6.05. The van der Waals surface area contributed by atoms with Gasteiger partial charge >= 0.3 is 0 Å². The topological polar surface area (TPSA) is 43.8 Å². The van der Waals surface area contributed by atoms with E-state index >= 15 is 0 Å². The molecular weight excluding hydrogens is 254 g/mol. The molecule has 0 amide bonds. The number of anilines is 1. The molecule has 3 nitrogen and oxygen atoms in total. The minimum atomic E-state index is 0.525. The fourth-order valence-corrected chi connectivity index (χ4v) is 2.61. The van der Waals surface area contributed by atoms with Crippen molar-refractivity contribution in [2.75, 3.05) is 12.0 Å². The van der Waals surface area contributed by atoms with Crippen molar-refractivity contribution in [3.63, 3.8) is 0 Å². The average molecular weight is 269 g/mol. The van der Waals surface area contributed by atoms with Gasteiger partial charge in [-0.15, -0.1) is 11.8 Å². The maximum Gasteiger partial charge on any atom is 0.205 e. The Labute approximate surface area is 116 Å². The highest BCUT2D eigenvalue weighted by Gasteiger charge is 2.09. The van der Waals surface area contributed by atoms with E-state index in [1.165, 1.54) is 10.5 Å². The number of aromatic nitrogens is 2. The highest BCUT2D eigenvalue weighted by Crippen LogP contribution is 2.25. The minimum Gasteiger partial charge on any atom is -0.369 e. The lowest BCUT2D eigenvalue weighted by Gasteiger charge is -2.07. The third kappa shape index (κ3) is 2.08. The van der Waals surface area contributed by atoms with Gasteiger partial charge in [-0.3, -0.25) is 4.57 Å². The van der Waals surface area contributed by atoms with E-state index in [1.807, 2.05) is 10.6 Å². The van der Waals surface area contributed by atoms with Crippen molar-refractivity contribution in [2.45, 2.75) is 11.8 Å². The molecule has 0 radical (unpaired) electrons. The van der Waals surface area contributed by atoms with Crippen LogP contribution in [-0.4, -0.2) is 15.8 Å². The number of hydrogen-bond acceptors (Lipinski definition) is 3. The van der Waals surface area contributed by atoms with Gasteiger partial charge in [0.2, 0.25) is 5.95 Å². The molecule has 19 heavy (non-hydrogen) atoms. The molecule has 0 bridgehead atoms. The summed E-state index contributed by atoms with van der Waals surface area (Å²) in [5.74, 6) is 0.525. The number of aryl methyl sites for hydroxylation is 1. The molecule has 0 atom stereocenters. The van der Waals surface area contributed by atoms with Crippen molar-refractivity contribution in [3.05, 3.63) is 48.0 Å². The fourth-order valence-electron chi connectivity index (χ4n) is 2.21. The summed E-state index contributed by atoms with van der Waals surface area (Å²) in [5.41, 5.74) is 10.3. The lowest BCUT2D eigenvalue weighted by molar-refractivity contribution is 1.10. The Bertz CT molecular complexity index is 729. The first-order valence-corrected chi connectivity index (χ1v) is 7.30. The standard InChI is InChI=1S/C15H15N3S/c1-10-3-8-13-14(9-10)18(15(16)17-13)11-4-6-12(19-2)7-5-11/h3-9H,1-2H3,(H2,16,17). The van der Waals surface area contributed by atoms with Gasteiger partial charge in [0.15, 0.2) is 0 Å². The third-order valence-corrected chi connectivity index (χ3v) is 3.91. The molecule has 0 fully saturated rings. The number of rotatable bonds is 2. The number of nitrogen functional groups attached to an aromatic ring is 1. The van der Waals surface area contributed by atoms with Crippen molar-refractivity contribution in [1.82, 2.24) is 9.55 Å². The lowest BCUT2D eigenvalue weighted by atomic mass is 10.2. The van der Waals surface area contributed by atoms with Crippen molar-refractivity contribution in [3.8, 4) is 5.69 Å². The molecule has 0 saturated heterocycles. The van der Waals surface area contributed by atoms with E-state index in [9.17, 15) is 0 Å². The predicted octanol–water partition coefficient (Wildman–Crippen LogP) is 3.64. The third-order valence-electron chi connectivity index (χ3n) is 3.17. The summed E-state index contributed by atoms with van der Waals surface area (Å²) >= 11 is 1.73. The number of thioether (sulfide) groups is 1. The molecule has 0 saturated carbocycles. The van der Waals surface area contributed by atoms with Crippen LogP contribution in [0.5, 0.6) is 0 Å². The van der Waals surface area contributed by atoms with E-state index < -0.39 is 0 Å². The minimum absolute atomic E-state index is 0.525. The largest absolute Gasteiger partial charge is 0.369 e. The second-order valence-corrected chi connectivity index (χ2v) is 5.38. The molecular formula is C15H15N3S. The first kappa shape index (κ1) is 12.1. The number of nitrogens with zero attached hydrogens (tertiary/aromatic N) is 2. The van der Waals surface area contributed by atoms with Crippen LogP contribution in [0.3, 0.4) is 0 Å². The molecule has 3 rings (SSSR count). The average Bonchev–Trinajstić information content (AvgIpc) is 2.74. The summed E-state index contributed by atoms with van der Waals surface area (Å²) < 4.78 is 1.99. The summed E-state index contributed by atoms with van der Waals surface area (Å²) in [6, 6.07) is 14.5. The number of hydrogen-bond donors (Lipinski definition) is 1. The number of fused-ring (bicyclic) bond motifs is 1. The van der Waals surface area contributed by atoms with Crippen LogP contribution in [0.15, 0.2) is 47.4 Å². The molecule has 0 unspecified atom stereocenters. The Kier molecular flexibility index (Phi) is 2.95. The summed E-state index contributed by atoms with van der Waals surface area (Å²) in [5, 5.41) is 0. The molecule has 0 aliphatic carbocycles. The van der Waals surface area contributed by atoms with Crippen molar-refractivity contribution < 1.29 is 0 Å². The highest BCUT2D eigenvalue weighted by atomic mass is 32.2. The summed E-state index contributed by atoms with van der Waals surface area (Å²) in [4.78, 5) is 5.65. The van der Waals surface area contributed by atoms with Crippen LogP contribution in [0.1, 0.15) is 5.56 Å². The fraction of sp³-hybridized carbons (Fsp3) is 0.133. The van der Waals surface area contributed by atoms with Crippen LogP contribution in [-0.2, 0) is 0 Å². The van der Waals surface area contributed by atoms with Crippen LogP contribution >= 0.6 is 11.8 Å². The Morgan fingerprint density at radius 3 is 2.53 bits per heavy atom. The van der Waals surface area contributed by atoms with Gasteiger partial charge in [0, 0.05) is 10.6 Å². The zero-order valence-electron chi connectivity index (χ0n) is 10.9. The van der Waals surface area contributed by atoms with E-state index in [0.29, 0.717) is 5.95 Å². The van der Waals surface area contributed by atoms with Crippen LogP contribution < -0.4 is 5.73 Å². The smallest absolute Gasteiger partial charge is 0.205 e. The van der Waals surface area contributed by atoms with Crippen LogP contribution in [0.4, 0.5) is 5.95 Å². The molecule has 1 heterocycles. The van der Waals surface area contributed by atoms with Crippen LogP contribution in [0.2, 0.25) is 0 Å². The molecule has 2 aromatic carbocycles. The molecule has 1 aromatic heterocycles. The molecule has 3 aromatic rings. The molecule has 96 valence electrons. The predicted molar refractivity (Wildman–Crippen MR) is 82.0 cm³/mol. The zero-order chi connectivity index (χ0) is 13.4. The molecule has 2 N–H and O–H groups in total. The Morgan fingerprint density at radius 1 is 1.11 bits per heavy atom. The summed E-state index contributed by atoms with van der Waals surface area (Å²) in [6.45, 7) is 2.07. The second-order valence-electron chi connectivity index (χ2n) is 4.50. The van der Waals surface area contributed by atoms with E-state index in [2.05, 4.69) is 54.6 Å². The van der Waals surface area contributed by atoms with Crippen LogP contribution in [0, 0.1) is 6.92 Å². The highest BCUT2D eigenvalue weighted by molar-refractivity contribution is 7.98. The van der Waals surface area contributed by atoms with Gasteiger partial charge in [-0.25, -0.2) is 4.98 Å². The first-order chi connectivity index (χ1) is 9.19. The van der Waals surface area contributed by atoms with Gasteiger partial charge in [-0.2, -0.15) is 0 Å².